The van der Waals surface area contributed by atoms with Crippen molar-refractivity contribution in [2.75, 3.05) is 14.1 Å². The van der Waals surface area contributed by atoms with Crippen LogP contribution in [0.5, 0.6) is 0 Å². The van der Waals surface area contributed by atoms with Crippen LogP contribution in [0.25, 0.3) is 0 Å². The van der Waals surface area contributed by atoms with Crippen LogP contribution in [0.15, 0.2) is 41.1 Å². The maximum atomic E-state index is 11.6. The number of carbonyl (C=O) groups is 1. The molecule has 5 nitrogen and oxygen atoms in total. The molecular weight excluding hydrogens is 326 g/mol. The van der Waals surface area contributed by atoms with E-state index in [9.17, 15) is 4.79 Å². The Labute approximate surface area is 155 Å². The van der Waals surface area contributed by atoms with Gasteiger partial charge in [-0.3, -0.25) is 4.84 Å². The number of benzene rings is 1. The Kier molecular flexibility index (Phi) is 6.74. The highest BCUT2D eigenvalue weighted by Crippen LogP contribution is 2.23. The Morgan fingerprint density at radius 3 is 2.31 bits per heavy atom. The number of nitrogens with zero attached hydrogens (tertiary/aromatic N) is 3. The van der Waals surface area contributed by atoms with Crippen molar-refractivity contribution in [2.45, 2.75) is 39.5 Å². The van der Waals surface area contributed by atoms with Gasteiger partial charge in [0.2, 0.25) is 0 Å². The molecule has 0 aromatic heterocycles. The second kappa shape index (κ2) is 9.00. The van der Waals surface area contributed by atoms with E-state index in [2.05, 4.69) is 37.2 Å². The van der Waals surface area contributed by atoms with Crippen LogP contribution in [-0.4, -0.2) is 30.8 Å². The van der Waals surface area contributed by atoms with Gasteiger partial charge in [-0.05, 0) is 73.4 Å². The number of nitriles is 1. The van der Waals surface area contributed by atoms with Gasteiger partial charge in [0.15, 0.2) is 0 Å². The molecule has 1 aromatic carbocycles. The molecule has 1 amide bonds. The second-order valence-electron chi connectivity index (χ2n) is 6.65. The zero-order valence-electron chi connectivity index (χ0n) is 15.9. The highest BCUT2D eigenvalue weighted by Gasteiger charge is 2.11. The number of fused-ring (bicyclic) bond motifs is 8. The molecule has 0 heterocycles. The minimum Gasteiger partial charge on any atom is -0.312 e. The van der Waals surface area contributed by atoms with Crippen molar-refractivity contribution in [1.82, 2.24) is 4.90 Å². The lowest BCUT2D eigenvalue weighted by Crippen LogP contribution is -2.21. The molecule has 136 valence electrons. The van der Waals surface area contributed by atoms with Crippen LogP contribution >= 0.6 is 0 Å². The summed E-state index contributed by atoms with van der Waals surface area (Å²) in [5, 5.41) is 13.1. The number of carbonyl (C=O) groups excluding carboxylic acids is 1. The molecule has 0 fully saturated rings. The first-order valence-electron chi connectivity index (χ1n) is 8.72. The summed E-state index contributed by atoms with van der Waals surface area (Å²) in [6, 6.07) is 6.45. The SMILES string of the molecule is Cc1c2ccc(c1C)CCC(=N\OC(=O)N(C)C)/C=C\C(=C\C#N)CC2. The Morgan fingerprint density at radius 2 is 1.73 bits per heavy atom. The first-order chi connectivity index (χ1) is 12.4. The van der Waals surface area contributed by atoms with Crippen LogP contribution in [0.3, 0.4) is 0 Å². The Balaban J connectivity index is 2.37. The van der Waals surface area contributed by atoms with Crippen LogP contribution in [0.4, 0.5) is 4.79 Å². The molecule has 26 heavy (non-hydrogen) atoms. The van der Waals surface area contributed by atoms with Crippen LogP contribution in [0.2, 0.25) is 0 Å². The molecule has 0 atom stereocenters. The third kappa shape index (κ3) is 5.06. The third-order valence-electron chi connectivity index (χ3n) is 4.69. The van der Waals surface area contributed by atoms with Crippen molar-refractivity contribution >= 4 is 11.8 Å². The molecule has 3 rings (SSSR count). The van der Waals surface area contributed by atoms with E-state index in [4.69, 9.17) is 10.1 Å². The summed E-state index contributed by atoms with van der Waals surface area (Å²) in [7, 11) is 3.22. The van der Waals surface area contributed by atoms with Crippen LogP contribution in [0.1, 0.15) is 35.1 Å². The average Bonchev–Trinajstić information content (AvgIpc) is 2.61. The van der Waals surface area contributed by atoms with Gasteiger partial charge in [0, 0.05) is 20.2 Å². The first-order valence-corrected chi connectivity index (χ1v) is 8.72. The number of oxime groups is 1. The molecule has 0 aliphatic heterocycles. The Hall–Kier alpha value is -2.87. The molecule has 0 spiro atoms. The van der Waals surface area contributed by atoms with E-state index in [1.54, 1.807) is 20.2 Å². The summed E-state index contributed by atoms with van der Waals surface area (Å²) >= 11 is 0. The predicted octanol–water partition coefficient (Wildman–Crippen LogP) is 4.24. The second-order valence-corrected chi connectivity index (χ2v) is 6.65. The van der Waals surface area contributed by atoms with Gasteiger partial charge in [-0.25, -0.2) is 4.79 Å². The lowest BCUT2D eigenvalue weighted by molar-refractivity contribution is 0.122. The summed E-state index contributed by atoms with van der Waals surface area (Å²) in [5.41, 5.74) is 6.80. The molecule has 0 radical (unpaired) electrons. The Bertz CT molecular complexity index is 811. The molecule has 5 heteroatoms. The smallest absolute Gasteiger partial charge is 0.312 e. The van der Waals surface area contributed by atoms with Crippen molar-refractivity contribution in [3.05, 3.63) is 58.2 Å². The van der Waals surface area contributed by atoms with Crippen molar-refractivity contribution in [2.24, 2.45) is 5.16 Å². The van der Waals surface area contributed by atoms with E-state index in [0.717, 1.165) is 24.8 Å². The summed E-state index contributed by atoms with van der Waals surface area (Å²) in [6.45, 7) is 4.29. The molecule has 2 aliphatic rings. The minimum absolute atomic E-state index is 0.513. The minimum atomic E-state index is -0.513. The van der Waals surface area contributed by atoms with E-state index in [1.807, 2.05) is 12.2 Å². The highest BCUT2D eigenvalue weighted by atomic mass is 16.7. The summed E-state index contributed by atoms with van der Waals surface area (Å²) in [4.78, 5) is 18.0. The number of aryl methyl sites for hydroxylation is 2. The largest absolute Gasteiger partial charge is 0.435 e. The van der Waals surface area contributed by atoms with Gasteiger partial charge in [-0.1, -0.05) is 23.4 Å². The molecule has 0 N–H and O–H groups in total. The Morgan fingerprint density at radius 1 is 1.12 bits per heavy atom. The van der Waals surface area contributed by atoms with Gasteiger partial charge in [0.05, 0.1) is 11.8 Å². The molecule has 1 aromatic rings. The van der Waals surface area contributed by atoms with Crippen LogP contribution in [0, 0.1) is 25.2 Å². The van der Waals surface area contributed by atoms with Crippen molar-refractivity contribution in [1.29, 1.82) is 5.26 Å². The molecule has 0 saturated heterocycles. The van der Waals surface area contributed by atoms with Gasteiger partial charge in [-0.2, -0.15) is 5.26 Å². The van der Waals surface area contributed by atoms with Gasteiger partial charge in [0.25, 0.3) is 0 Å². The molecule has 0 saturated carbocycles. The highest BCUT2D eigenvalue weighted by molar-refractivity contribution is 5.95. The van der Waals surface area contributed by atoms with Gasteiger partial charge < -0.3 is 4.90 Å². The molecule has 2 bridgehead atoms. The number of rotatable bonds is 1. The maximum Gasteiger partial charge on any atom is 0.435 e. The number of amides is 1. The van der Waals surface area contributed by atoms with Crippen molar-refractivity contribution < 1.29 is 9.63 Å². The third-order valence-corrected chi connectivity index (χ3v) is 4.69. The summed E-state index contributed by atoms with van der Waals surface area (Å²) < 4.78 is 0. The van der Waals surface area contributed by atoms with Gasteiger partial charge >= 0.3 is 6.09 Å². The standard InChI is InChI=1S/C21H25N3O2/c1-15-16(2)19-9-8-18(15)7-5-17(13-14-22)6-11-20(12-10-19)23-26-21(25)24(3)4/h6,8-9,11,13H,5,7,10,12H2,1-4H3/b11-6-,17-13+,23-20-. The van der Waals surface area contributed by atoms with Gasteiger partial charge in [0.1, 0.15) is 0 Å². The monoisotopic (exact) mass is 351 g/mol. The number of allylic oxidation sites excluding steroid dienone is 4. The van der Waals surface area contributed by atoms with Crippen molar-refractivity contribution in [3.63, 3.8) is 0 Å². The zero-order chi connectivity index (χ0) is 19.1. The summed E-state index contributed by atoms with van der Waals surface area (Å²) in [6.07, 6.45) is 7.89. The predicted molar refractivity (Wildman–Crippen MR) is 103 cm³/mol. The number of hydrogen-bond acceptors (Lipinski definition) is 4. The van der Waals surface area contributed by atoms with E-state index >= 15 is 0 Å². The summed E-state index contributed by atoms with van der Waals surface area (Å²) in [5.74, 6) is 0. The topological polar surface area (TPSA) is 65.7 Å². The molecular formula is C21H25N3O2. The zero-order valence-corrected chi connectivity index (χ0v) is 15.9. The normalized spacial score (nSPS) is 18.7. The van der Waals surface area contributed by atoms with E-state index < -0.39 is 6.09 Å². The fraction of sp³-hybridized carbons (Fsp3) is 0.381. The van der Waals surface area contributed by atoms with Crippen LogP contribution < -0.4 is 0 Å². The maximum absolute atomic E-state index is 11.6. The molecule has 2 aliphatic carbocycles. The van der Waals surface area contributed by atoms with Crippen molar-refractivity contribution in [3.8, 4) is 6.07 Å². The molecule has 0 unspecified atom stereocenters. The average molecular weight is 351 g/mol. The van der Waals surface area contributed by atoms with E-state index in [1.165, 1.54) is 27.2 Å². The van der Waals surface area contributed by atoms with E-state index in [0.29, 0.717) is 12.1 Å². The number of hydrogen-bond donors (Lipinski definition) is 0. The fourth-order valence-electron chi connectivity index (χ4n) is 2.84. The lowest BCUT2D eigenvalue weighted by Gasteiger charge is -2.15. The lowest BCUT2D eigenvalue weighted by atomic mass is 9.91. The van der Waals surface area contributed by atoms with E-state index in [-0.39, 0.29) is 0 Å². The quantitative estimate of drug-likeness (QED) is 0.432. The van der Waals surface area contributed by atoms with Crippen LogP contribution in [-0.2, 0) is 17.7 Å². The fourth-order valence-corrected chi connectivity index (χ4v) is 2.84. The van der Waals surface area contributed by atoms with Gasteiger partial charge in [-0.15, -0.1) is 0 Å². The first kappa shape index (κ1) is 19.5.